The lowest BCUT2D eigenvalue weighted by atomic mass is 10.4. The minimum atomic E-state index is -0.603. The number of likely N-dealkylation sites (N-methyl/N-ethyl adjacent to an activating group) is 1. The van der Waals surface area contributed by atoms with Crippen LogP contribution in [0.15, 0.2) is 28.9 Å². The summed E-state index contributed by atoms with van der Waals surface area (Å²) in [6, 6.07) is 2.74. The van der Waals surface area contributed by atoms with E-state index in [2.05, 4.69) is 34.0 Å². The van der Waals surface area contributed by atoms with Crippen LogP contribution in [0.25, 0.3) is 11.6 Å². The third-order valence-electron chi connectivity index (χ3n) is 3.67. The molecule has 11 heteroatoms. The third-order valence-corrected chi connectivity index (χ3v) is 3.67. The zero-order valence-corrected chi connectivity index (χ0v) is 16.9. The van der Waals surface area contributed by atoms with E-state index in [9.17, 15) is 10.1 Å². The standard InChI is InChI=1S/C16H23N5O4.2ClH/c1-3-20(4-2)9-7-17-8-10-24-13-11-18-16(19-12-13)14-5-6-15(25-14)21(22)23;;/h5-6,11-12,17H,3-4,7-10H2,1-2H3;2*1H. The highest BCUT2D eigenvalue weighted by Gasteiger charge is 2.14. The second kappa shape index (κ2) is 13.3. The van der Waals surface area contributed by atoms with Crippen LogP contribution in [0.4, 0.5) is 5.88 Å². The van der Waals surface area contributed by atoms with Gasteiger partial charge in [0.2, 0.25) is 0 Å². The topological polar surface area (TPSA) is 107 Å². The lowest BCUT2D eigenvalue weighted by Gasteiger charge is -2.17. The normalized spacial score (nSPS) is 10.2. The van der Waals surface area contributed by atoms with Crippen molar-refractivity contribution >= 4 is 30.7 Å². The van der Waals surface area contributed by atoms with Gasteiger partial charge in [0.1, 0.15) is 11.5 Å². The summed E-state index contributed by atoms with van der Waals surface area (Å²) in [4.78, 5) is 20.6. The van der Waals surface area contributed by atoms with Crippen LogP contribution in [-0.4, -0.2) is 59.1 Å². The zero-order chi connectivity index (χ0) is 18.1. The summed E-state index contributed by atoms with van der Waals surface area (Å²) >= 11 is 0. The zero-order valence-electron chi connectivity index (χ0n) is 15.3. The summed E-state index contributed by atoms with van der Waals surface area (Å²) in [7, 11) is 0. The van der Waals surface area contributed by atoms with Crippen LogP contribution >= 0.6 is 24.8 Å². The number of nitrogens with zero attached hydrogens (tertiary/aromatic N) is 4. The molecule has 0 unspecified atom stereocenters. The minimum Gasteiger partial charge on any atom is -0.489 e. The molecule has 0 saturated carbocycles. The maximum Gasteiger partial charge on any atom is 0.433 e. The molecule has 0 aromatic carbocycles. The molecule has 0 amide bonds. The van der Waals surface area contributed by atoms with Gasteiger partial charge in [0.25, 0.3) is 0 Å². The molecule has 1 N–H and O–H groups in total. The molecule has 0 saturated heterocycles. The van der Waals surface area contributed by atoms with E-state index in [-0.39, 0.29) is 42.3 Å². The van der Waals surface area contributed by atoms with Crippen molar-refractivity contribution in [2.24, 2.45) is 0 Å². The average Bonchev–Trinajstić information content (AvgIpc) is 3.12. The number of halogens is 2. The van der Waals surface area contributed by atoms with E-state index in [4.69, 9.17) is 9.15 Å². The Morgan fingerprint density at radius 3 is 2.41 bits per heavy atom. The van der Waals surface area contributed by atoms with E-state index in [1.54, 1.807) is 0 Å². The molecule has 0 aliphatic rings. The first kappa shape index (κ1) is 25.1. The van der Waals surface area contributed by atoms with Crippen molar-refractivity contribution in [3.8, 4) is 17.3 Å². The molecule has 27 heavy (non-hydrogen) atoms. The van der Waals surface area contributed by atoms with Crippen molar-refractivity contribution in [3.05, 3.63) is 34.6 Å². The molecule has 2 aromatic heterocycles. The monoisotopic (exact) mass is 421 g/mol. The van der Waals surface area contributed by atoms with Crippen LogP contribution in [0.2, 0.25) is 0 Å². The molecule has 152 valence electrons. The van der Waals surface area contributed by atoms with Crippen LogP contribution in [0.3, 0.4) is 0 Å². The molecule has 2 heterocycles. The van der Waals surface area contributed by atoms with Gasteiger partial charge in [-0.25, -0.2) is 9.97 Å². The summed E-state index contributed by atoms with van der Waals surface area (Å²) in [5.74, 6) is 0.721. The number of rotatable bonds is 11. The first-order valence-corrected chi connectivity index (χ1v) is 8.26. The van der Waals surface area contributed by atoms with Gasteiger partial charge < -0.3 is 19.4 Å². The molecule has 0 atom stereocenters. The number of furan rings is 1. The van der Waals surface area contributed by atoms with Crippen LogP contribution in [0.1, 0.15) is 13.8 Å². The highest BCUT2D eigenvalue weighted by Crippen LogP contribution is 2.23. The van der Waals surface area contributed by atoms with Gasteiger partial charge in [-0.05, 0) is 19.2 Å². The van der Waals surface area contributed by atoms with E-state index in [1.807, 2.05) is 0 Å². The summed E-state index contributed by atoms with van der Waals surface area (Å²) in [6.45, 7) is 9.57. The van der Waals surface area contributed by atoms with Gasteiger partial charge in [0.15, 0.2) is 17.3 Å². The van der Waals surface area contributed by atoms with Crippen LogP contribution in [-0.2, 0) is 0 Å². The fourth-order valence-corrected chi connectivity index (χ4v) is 2.21. The van der Waals surface area contributed by atoms with E-state index in [1.165, 1.54) is 24.5 Å². The summed E-state index contributed by atoms with van der Waals surface area (Å²) in [6.07, 6.45) is 3.04. The molecular weight excluding hydrogens is 397 g/mol. The number of ether oxygens (including phenoxy) is 1. The Morgan fingerprint density at radius 2 is 1.85 bits per heavy atom. The van der Waals surface area contributed by atoms with Gasteiger partial charge in [-0.1, -0.05) is 13.8 Å². The Kier molecular flexibility index (Phi) is 12.3. The average molecular weight is 422 g/mol. The molecule has 0 aliphatic heterocycles. The second-order valence-corrected chi connectivity index (χ2v) is 5.26. The Labute approximate surface area is 170 Å². The predicted octanol–water partition coefficient (Wildman–Crippen LogP) is 2.80. The molecule has 2 aromatic rings. The van der Waals surface area contributed by atoms with Crippen LogP contribution < -0.4 is 10.1 Å². The van der Waals surface area contributed by atoms with Gasteiger partial charge in [-0.3, -0.25) is 10.1 Å². The second-order valence-electron chi connectivity index (χ2n) is 5.26. The fourth-order valence-electron chi connectivity index (χ4n) is 2.21. The smallest absolute Gasteiger partial charge is 0.433 e. The van der Waals surface area contributed by atoms with Crippen LogP contribution in [0.5, 0.6) is 5.75 Å². The summed E-state index contributed by atoms with van der Waals surface area (Å²) in [5.41, 5.74) is 0. The van der Waals surface area contributed by atoms with Gasteiger partial charge in [0, 0.05) is 19.6 Å². The van der Waals surface area contributed by atoms with E-state index in [0.29, 0.717) is 12.4 Å². The first-order chi connectivity index (χ1) is 12.1. The number of hydrogen-bond donors (Lipinski definition) is 1. The minimum absolute atomic E-state index is 0. The SMILES string of the molecule is CCN(CC)CCNCCOc1cnc(-c2ccc([N+](=O)[O-])o2)nc1.Cl.Cl. The van der Waals surface area contributed by atoms with E-state index < -0.39 is 4.92 Å². The van der Waals surface area contributed by atoms with Crippen molar-refractivity contribution in [2.45, 2.75) is 13.8 Å². The van der Waals surface area contributed by atoms with Gasteiger partial charge in [-0.15, -0.1) is 24.8 Å². The summed E-state index contributed by atoms with van der Waals surface area (Å²) < 4.78 is 10.6. The highest BCUT2D eigenvalue weighted by molar-refractivity contribution is 5.85. The molecule has 0 bridgehead atoms. The molecule has 9 nitrogen and oxygen atoms in total. The largest absolute Gasteiger partial charge is 0.489 e. The lowest BCUT2D eigenvalue weighted by molar-refractivity contribution is -0.401. The van der Waals surface area contributed by atoms with E-state index in [0.717, 1.165) is 32.7 Å². The summed E-state index contributed by atoms with van der Waals surface area (Å²) in [5, 5.41) is 13.9. The van der Waals surface area contributed by atoms with Gasteiger partial charge in [-0.2, -0.15) is 0 Å². The lowest BCUT2D eigenvalue weighted by Crippen LogP contribution is -2.33. The molecule has 0 spiro atoms. The number of nitrogens with one attached hydrogen (secondary N) is 1. The number of hydrogen-bond acceptors (Lipinski definition) is 8. The highest BCUT2D eigenvalue weighted by atomic mass is 35.5. The van der Waals surface area contributed by atoms with Crippen molar-refractivity contribution in [1.29, 1.82) is 0 Å². The molecular formula is C16H25Cl2N5O4. The van der Waals surface area contributed by atoms with Gasteiger partial charge >= 0.3 is 5.88 Å². The fraction of sp³-hybridized carbons (Fsp3) is 0.500. The maximum atomic E-state index is 10.6. The molecule has 0 radical (unpaired) electrons. The van der Waals surface area contributed by atoms with E-state index >= 15 is 0 Å². The Morgan fingerprint density at radius 1 is 1.19 bits per heavy atom. The van der Waals surface area contributed by atoms with Crippen molar-refractivity contribution in [2.75, 3.05) is 39.3 Å². The molecule has 2 rings (SSSR count). The molecule has 0 fully saturated rings. The first-order valence-electron chi connectivity index (χ1n) is 8.26. The molecule has 0 aliphatic carbocycles. The van der Waals surface area contributed by atoms with Gasteiger partial charge in [0.05, 0.1) is 18.5 Å². The Bertz CT molecular complexity index is 665. The quantitative estimate of drug-likeness (QED) is 0.335. The number of aromatic nitrogens is 2. The predicted molar refractivity (Wildman–Crippen MR) is 107 cm³/mol. The third kappa shape index (κ3) is 8.08. The maximum absolute atomic E-state index is 10.6. The van der Waals surface area contributed by atoms with Crippen LogP contribution in [0, 0.1) is 10.1 Å². The van der Waals surface area contributed by atoms with Crippen molar-refractivity contribution in [1.82, 2.24) is 20.2 Å². The van der Waals surface area contributed by atoms with Crippen molar-refractivity contribution in [3.63, 3.8) is 0 Å². The number of nitro groups is 1. The Hall–Kier alpha value is -1.94. The van der Waals surface area contributed by atoms with Crippen molar-refractivity contribution < 1.29 is 14.1 Å². The Balaban J connectivity index is 0.00000338.